The topological polar surface area (TPSA) is 73.1 Å². The van der Waals surface area contributed by atoms with Gasteiger partial charge in [-0.3, -0.25) is 4.98 Å². The van der Waals surface area contributed by atoms with Crippen LogP contribution in [0.2, 0.25) is 0 Å². The fraction of sp³-hybridized carbons (Fsp3) is 0.286. The van der Waals surface area contributed by atoms with Gasteiger partial charge in [0.1, 0.15) is 0 Å². The molecular weight excluding hydrogens is 176 g/mol. The van der Waals surface area contributed by atoms with E-state index in [1.54, 1.807) is 12.1 Å². The second kappa shape index (κ2) is 3.20. The molecule has 1 aromatic heterocycles. The Morgan fingerprint density at radius 1 is 1.50 bits per heavy atom. The number of rotatable bonds is 2. The monoisotopic (exact) mass is 186 g/mol. The predicted molar refractivity (Wildman–Crippen MR) is 45.8 cm³/mol. The quantitative estimate of drug-likeness (QED) is 0.716. The summed E-state index contributed by atoms with van der Waals surface area (Å²) in [7, 11) is -3.43. The minimum atomic E-state index is -3.43. The summed E-state index contributed by atoms with van der Waals surface area (Å²) < 4.78 is 21.3. The highest BCUT2D eigenvalue weighted by Gasteiger charge is 2.03. The number of nitrogens with two attached hydrogens (primary N) is 1. The average Bonchev–Trinajstić information content (AvgIpc) is 1.91. The first-order valence-corrected chi connectivity index (χ1v) is 5.11. The van der Waals surface area contributed by atoms with E-state index in [2.05, 4.69) is 4.98 Å². The lowest BCUT2D eigenvalue weighted by molar-refractivity contribution is 0.597. The number of primary sulfonamides is 1. The van der Waals surface area contributed by atoms with Crippen LogP contribution in [-0.2, 0) is 15.8 Å². The molecule has 0 amide bonds. The van der Waals surface area contributed by atoms with Gasteiger partial charge in [-0.25, -0.2) is 13.6 Å². The SMILES string of the molecule is Cc1ccc(CS(N)(=O)=O)cn1. The van der Waals surface area contributed by atoms with E-state index < -0.39 is 10.0 Å². The van der Waals surface area contributed by atoms with E-state index in [9.17, 15) is 8.42 Å². The van der Waals surface area contributed by atoms with Crippen molar-refractivity contribution in [3.63, 3.8) is 0 Å². The van der Waals surface area contributed by atoms with E-state index in [0.717, 1.165) is 5.69 Å². The Bertz CT molecular complexity index is 355. The zero-order chi connectivity index (χ0) is 9.19. The van der Waals surface area contributed by atoms with Crippen LogP contribution in [0.1, 0.15) is 11.3 Å². The maximum Gasteiger partial charge on any atom is 0.213 e. The fourth-order valence-corrected chi connectivity index (χ4v) is 1.45. The molecule has 0 bridgehead atoms. The van der Waals surface area contributed by atoms with Crippen LogP contribution in [0, 0.1) is 6.92 Å². The minimum Gasteiger partial charge on any atom is -0.261 e. The Labute approximate surface area is 71.5 Å². The zero-order valence-corrected chi connectivity index (χ0v) is 7.50. The maximum atomic E-state index is 10.6. The number of sulfonamides is 1. The van der Waals surface area contributed by atoms with Crippen molar-refractivity contribution >= 4 is 10.0 Å². The summed E-state index contributed by atoms with van der Waals surface area (Å²) in [4.78, 5) is 3.94. The molecule has 1 heterocycles. The molecule has 0 aliphatic heterocycles. The van der Waals surface area contributed by atoms with Crippen molar-refractivity contribution in [3.8, 4) is 0 Å². The summed E-state index contributed by atoms with van der Waals surface area (Å²) in [5.74, 6) is -0.153. The molecule has 0 radical (unpaired) electrons. The van der Waals surface area contributed by atoms with Crippen LogP contribution in [0.4, 0.5) is 0 Å². The smallest absolute Gasteiger partial charge is 0.213 e. The number of hydrogen-bond acceptors (Lipinski definition) is 3. The zero-order valence-electron chi connectivity index (χ0n) is 6.69. The highest BCUT2D eigenvalue weighted by atomic mass is 32.2. The molecule has 0 aromatic carbocycles. The summed E-state index contributed by atoms with van der Waals surface area (Å²) in [6, 6.07) is 3.45. The van der Waals surface area contributed by atoms with Gasteiger partial charge in [-0.05, 0) is 18.6 Å². The average molecular weight is 186 g/mol. The first-order valence-electron chi connectivity index (χ1n) is 3.39. The number of aryl methyl sites for hydroxylation is 1. The molecule has 1 aromatic rings. The summed E-state index contributed by atoms with van der Waals surface area (Å²) in [5.41, 5.74) is 1.47. The van der Waals surface area contributed by atoms with Crippen LogP contribution in [-0.4, -0.2) is 13.4 Å². The standard InChI is InChI=1S/C7H10N2O2S/c1-6-2-3-7(4-9-6)5-12(8,10)11/h2-4H,5H2,1H3,(H2,8,10,11). The lowest BCUT2D eigenvalue weighted by Crippen LogP contribution is -2.14. The maximum absolute atomic E-state index is 10.6. The number of aromatic nitrogens is 1. The normalized spacial score (nSPS) is 11.5. The van der Waals surface area contributed by atoms with Gasteiger partial charge in [-0.15, -0.1) is 0 Å². The Kier molecular flexibility index (Phi) is 2.44. The fourth-order valence-electron chi connectivity index (χ4n) is 0.816. The van der Waals surface area contributed by atoms with Crippen LogP contribution < -0.4 is 5.14 Å². The van der Waals surface area contributed by atoms with Gasteiger partial charge in [0.15, 0.2) is 0 Å². The Balaban J connectivity index is 2.85. The molecule has 2 N–H and O–H groups in total. The third-order valence-corrected chi connectivity index (χ3v) is 2.08. The van der Waals surface area contributed by atoms with Crippen molar-refractivity contribution in [2.24, 2.45) is 5.14 Å². The second-order valence-electron chi connectivity index (χ2n) is 2.62. The Morgan fingerprint density at radius 3 is 2.58 bits per heavy atom. The van der Waals surface area contributed by atoms with E-state index in [1.165, 1.54) is 6.20 Å². The molecule has 66 valence electrons. The molecule has 0 saturated heterocycles. The lowest BCUT2D eigenvalue weighted by atomic mass is 10.3. The van der Waals surface area contributed by atoms with E-state index >= 15 is 0 Å². The van der Waals surface area contributed by atoms with Crippen molar-refractivity contribution in [3.05, 3.63) is 29.6 Å². The van der Waals surface area contributed by atoms with E-state index in [1.807, 2.05) is 6.92 Å². The van der Waals surface area contributed by atoms with Gasteiger partial charge in [-0.2, -0.15) is 0 Å². The van der Waals surface area contributed by atoms with Gasteiger partial charge in [-0.1, -0.05) is 6.07 Å². The summed E-state index contributed by atoms with van der Waals surface area (Å²) in [5, 5.41) is 4.85. The van der Waals surface area contributed by atoms with E-state index in [4.69, 9.17) is 5.14 Å². The van der Waals surface area contributed by atoms with Gasteiger partial charge >= 0.3 is 0 Å². The van der Waals surface area contributed by atoms with Crippen molar-refractivity contribution < 1.29 is 8.42 Å². The van der Waals surface area contributed by atoms with E-state index in [-0.39, 0.29) is 5.75 Å². The van der Waals surface area contributed by atoms with Gasteiger partial charge in [0.25, 0.3) is 0 Å². The highest BCUT2D eigenvalue weighted by Crippen LogP contribution is 2.02. The van der Waals surface area contributed by atoms with Crippen LogP contribution in [0.15, 0.2) is 18.3 Å². The van der Waals surface area contributed by atoms with Gasteiger partial charge < -0.3 is 0 Å². The Morgan fingerprint density at radius 2 is 2.17 bits per heavy atom. The van der Waals surface area contributed by atoms with Crippen molar-refractivity contribution in [1.29, 1.82) is 0 Å². The number of nitrogens with zero attached hydrogens (tertiary/aromatic N) is 1. The molecule has 0 unspecified atom stereocenters. The molecule has 0 aliphatic carbocycles. The highest BCUT2D eigenvalue weighted by molar-refractivity contribution is 7.88. The minimum absolute atomic E-state index is 0.153. The first kappa shape index (κ1) is 9.15. The molecule has 0 spiro atoms. The molecule has 1 rings (SSSR count). The molecule has 5 heteroatoms. The van der Waals surface area contributed by atoms with E-state index in [0.29, 0.717) is 5.56 Å². The van der Waals surface area contributed by atoms with Gasteiger partial charge in [0.2, 0.25) is 10.0 Å². The molecule has 0 atom stereocenters. The molecule has 0 fully saturated rings. The van der Waals surface area contributed by atoms with Crippen LogP contribution in [0.25, 0.3) is 0 Å². The number of pyridine rings is 1. The molecule has 12 heavy (non-hydrogen) atoms. The third-order valence-electron chi connectivity index (χ3n) is 1.34. The summed E-state index contributed by atoms with van der Waals surface area (Å²) >= 11 is 0. The van der Waals surface area contributed by atoms with Gasteiger partial charge in [0.05, 0.1) is 5.75 Å². The summed E-state index contributed by atoms with van der Waals surface area (Å²) in [6.45, 7) is 1.83. The molecule has 0 aliphatic rings. The van der Waals surface area contributed by atoms with Gasteiger partial charge in [0, 0.05) is 11.9 Å². The van der Waals surface area contributed by atoms with Crippen molar-refractivity contribution in [1.82, 2.24) is 4.98 Å². The predicted octanol–water partition coefficient (Wildman–Crippen LogP) is 0.179. The first-order chi connectivity index (χ1) is 5.47. The van der Waals surface area contributed by atoms with Crippen LogP contribution >= 0.6 is 0 Å². The lowest BCUT2D eigenvalue weighted by Gasteiger charge is -1.98. The molecule has 4 nitrogen and oxygen atoms in total. The largest absolute Gasteiger partial charge is 0.261 e. The molecule has 0 saturated carbocycles. The molecular formula is C7H10N2O2S. The van der Waals surface area contributed by atoms with Crippen molar-refractivity contribution in [2.75, 3.05) is 0 Å². The summed E-state index contributed by atoms with van der Waals surface area (Å²) in [6.07, 6.45) is 1.51. The Hall–Kier alpha value is -0.940. The third kappa shape index (κ3) is 2.98. The van der Waals surface area contributed by atoms with Crippen LogP contribution in [0.3, 0.4) is 0 Å². The second-order valence-corrected chi connectivity index (χ2v) is 4.23. The van der Waals surface area contributed by atoms with Crippen LogP contribution in [0.5, 0.6) is 0 Å². The number of hydrogen-bond donors (Lipinski definition) is 1. The van der Waals surface area contributed by atoms with Crippen molar-refractivity contribution in [2.45, 2.75) is 12.7 Å².